The van der Waals surface area contributed by atoms with Crippen molar-refractivity contribution in [3.63, 3.8) is 0 Å². The summed E-state index contributed by atoms with van der Waals surface area (Å²) in [5.41, 5.74) is 3.09. The molecule has 2 N–H and O–H groups in total. The van der Waals surface area contributed by atoms with Crippen LogP contribution >= 0.6 is 0 Å². The van der Waals surface area contributed by atoms with Crippen molar-refractivity contribution in [2.24, 2.45) is 0 Å². The number of benzene rings is 1. The number of rotatable bonds is 5. The fourth-order valence-electron chi connectivity index (χ4n) is 2.63. The van der Waals surface area contributed by atoms with E-state index in [9.17, 15) is 8.42 Å². The molecule has 0 saturated heterocycles. The molecular weight excluding hydrogens is 286 g/mol. The molecule has 1 aliphatic carbocycles. The van der Waals surface area contributed by atoms with Gasteiger partial charge in [-0.3, -0.25) is 4.98 Å². The molecule has 1 heterocycles. The third-order valence-corrected chi connectivity index (χ3v) is 5.28. The number of fused-ring (bicyclic) bond motifs is 1. The molecule has 3 rings (SSSR count). The van der Waals surface area contributed by atoms with E-state index in [0.717, 1.165) is 6.42 Å². The quantitative estimate of drug-likeness (QED) is 0.882. The minimum absolute atomic E-state index is 0.181. The summed E-state index contributed by atoms with van der Waals surface area (Å²) in [5, 5.41) is 2.87. The summed E-state index contributed by atoms with van der Waals surface area (Å²) in [5.74, 6) is 0.255. The maximum absolute atomic E-state index is 12.4. The van der Waals surface area contributed by atoms with Gasteiger partial charge in [0.1, 0.15) is 4.90 Å². The predicted molar refractivity (Wildman–Crippen MR) is 81.9 cm³/mol. The van der Waals surface area contributed by atoms with Gasteiger partial charge >= 0.3 is 0 Å². The van der Waals surface area contributed by atoms with Crippen molar-refractivity contribution >= 4 is 15.7 Å². The Balaban J connectivity index is 1.73. The van der Waals surface area contributed by atoms with Crippen molar-refractivity contribution in [2.45, 2.75) is 17.2 Å². The van der Waals surface area contributed by atoms with Gasteiger partial charge in [-0.05, 0) is 23.6 Å². The number of aromatic nitrogens is 1. The zero-order valence-corrected chi connectivity index (χ0v) is 12.5. The van der Waals surface area contributed by atoms with Gasteiger partial charge in [-0.15, -0.1) is 0 Å². The number of nitrogens with zero attached hydrogens (tertiary/aromatic N) is 1. The first-order chi connectivity index (χ1) is 10.1. The lowest BCUT2D eigenvalue weighted by molar-refractivity contribution is 0.552. The van der Waals surface area contributed by atoms with E-state index in [-0.39, 0.29) is 10.8 Å². The van der Waals surface area contributed by atoms with Crippen LogP contribution in [0.15, 0.2) is 47.6 Å². The molecule has 1 aromatic heterocycles. The number of hydrogen-bond acceptors (Lipinski definition) is 4. The molecule has 1 atom stereocenters. The van der Waals surface area contributed by atoms with Crippen LogP contribution in [0.1, 0.15) is 17.0 Å². The Morgan fingerprint density at radius 3 is 2.86 bits per heavy atom. The number of sulfonamides is 1. The molecule has 5 nitrogen and oxygen atoms in total. The Hall–Kier alpha value is -1.92. The minimum Gasteiger partial charge on any atom is -0.387 e. The smallest absolute Gasteiger partial charge is 0.244 e. The van der Waals surface area contributed by atoms with Gasteiger partial charge in [-0.1, -0.05) is 24.3 Å². The van der Waals surface area contributed by atoms with Crippen LogP contribution in [0.25, 0.3) is 0 Å². The Morgan fingerprint density at radius 1 is 1.29 bits per heavy atom. The van der Waals surface area contributed by atoms with Crippen LogP contribution in [0.2, 0.25) is 0 Å². The van der Waals surface area contributed by atoms with E-state index in [2.05, 4.69) is 27.2 Å². The lowest BCUT2D eigenvalue weighted by Crippen LogP contribution is -2.33. The molecule has 21 heavy (non-hydrogen) atoms. The highest BCUT2D eigenvalue weighted by molar-refractivity contribution is 7.89. The Bertz CT molecular complexity index is 759. The number of nitrogens with one attached hydrogen (secondary N) is 2. The van der Waals surface area contributed by atoms with Crippen molar-refractivity contribution in [3.8, 4) is 0 Å². The Morgan fingerprint density at radius 2 is 2.10 bits per heavy atom. The van der Waals surface area contributed by atoms with E-state index in [0.29, 0.717) is 12.2 Å². The number of anilines is 1. The van der Waals surface area contributed by atoms with E-state index in [1.54, 1.807) is 19.3 Å². The van der Waals surface area contributed by atoms with Crippen molar-refractivity contribution < 1.29 is 8.42 Å². The molecule has 0 radical (unpaired) electrons. The summed E-state index contributed by atoms with van der Waals surface area (Å²) in [6, 6.07) is 9.78. The van der Waals surface area contributed by atoms with Crippen LogP contribution in [-0.4, -0.2) is 27.0 Å². The number of hydrogen-bond donors (Lipinski definition) is 2. The topological polar surface area (TPSA) is 71.1 Å². The normalized spacial score (nSPS) is 16.9. The van der Waals surface area contributed by atoms with Gasteiger partial charge in [0.15, 0.2) is 0 Å². The molecule has 0 saturated carbocycles. The van der Waals surface area contributed by atoms with Crippen molar-refractivity contribution in [1.29, 1.82) is 0 Å². The monoisotopic (exact) mass is 303 g/mol. The fourth-order valence-corrected chi connectivity index (χ4v) is 3.87. The second kappa shape index (κ2) is 5.46. The molecule has 1 aromatic carbocycles. The summed E-state index contributed by atoms with van der Waals surface area (Å²) in [6.45, 7) is 0.414. The zero-order chi connectivity index (χ0) is 14.9. The van der Waals surface area contributed by atoms with Crippen LogP contribution in [0.4, 0.5) is 5.69 Å². The average molecular weight is 303 g/mol. The molecule has 0 aliphatic heterocycles. The fraction of sp³-hybridized carbons (Fsp3) is 0.267. The van der Waals surface area contributed by atoms with Crippen molar-refractivity contribution in [2.75, 3.05) is 18.9 Å². The van der Waals surface area contributed by atoms with Gasteiger partial charge in [-0.25, -0.2) is 13.1 Å². The largest absolute Gasteiger partial charge is 0.387 e. The van der Waals surface area contributed by atoms with E-state index >= 15 is 0 Å². The highest BCUT2D eigenvalue weighted by Gasteiger charge is 2.27. The second-order valence-electron chi connectivity index (χ2n) is 5.07. The molecule has 0 spiro atoms. The summed E-state index contributed by atoms with van der Waals surface area (Å²) >= 11 is 0. The minimum atomic E-state index is -3.55. The summed E-state index contributed by atoms with van der Waals surface area (Å²) in [6.07, 6.45) is 3.85. The van der Waals surface area contributed by atoms with Gasteiger partial charge in [0.25, 0.3) is 0 Å². The molecule has 1 aliphatic rings. The SMILES string of the molecule is CNc1ccncc1S(=O)(=O)NCC1Cc2ccccc21. The van der Waals surface area contributed by atoms with Gasteiger partial charge in [0.05, 0.1) is 5.69 Å². The van der Waals surface area contributed by atoms with Gasteiger partial charge < -0.3 is 5.32 Å². The maximum atomic E-state index is 12.4. The standard InChI is InChI=1S/C15H17N3O2S/c1-16-14-6-7-17-10-15(14)21(19,20)18-9-12-8-11-4-2-3-5-13(11)12/h2-7,10,12,18H,8-9H2,1H3,(H,16,17). The van der Waals surface area contributed by atoms with Crippen LogP contribution in [0.3, 0.4) is 0 Å². The third-order valence-electron chi connectivity index (χ3n) is 3.82. The highest BCUT2D eigenvalue weighted by atomic mass is 32.2. The Labute approximate surface area is 124 Å². The molecule has 1 unspecified atom stereocenters. The summed E-state index contributed by atoms with van der Waals surface area (Å²) in [4.78, 5) is 4.08. The lowest BCUT2D eigenvalue weighted by Gasteiger charge is -2.30. The maximum Gasteiger partial charge on any atom is 0.244 e. The van der Waals surface area contributed by atoms with E-state index < -0.39 is 10.0 Å². The van der Waals surface area contributed by atoms with Gasteiger partial charge in [0.2, 0.25) is 10.0 Å². The van der Waals surface area contributed by atoms with Crippen LogP contribution in [0, 0.1) is 0 Å². The van der Waals surface area contributed by atoms with E-state index in [4.69, 9.17) is 0 Å². The molecular formula is C15H17N3O2S. The second-order valence-corrected chi connectivity index (χ2v) is 6.81. The van der Waals surface area contributed by atoms with Gasteiger partial charge in [-0.2, -0.15) is 0 Å². The molecule has 0 bridgehead atoms. The summed E-state index contributed by atoms with van der Waals surface area (Å²) < 4.78 is 27.4. The van der Waals surface area contributed by atoms with Crippen molar-refractivity contribution in [1.82, 2.24) is 9.71 Å². The molecule has 0 fully saturated rings. The lowest BCUT2D eigenvalue weighted by atomic mass is 9.78. The third kappa shape index (κ3) is 2.64. The highest BCUT2D eigenvalue weighted by Crippen LogP contribution is 2.34. The van der Waals surface area contributed by atoms with Crippen LogP contribution in [0.5, 0.6) is 0 Å². The first kappa shape index (κ1) is 14.0. The molecule has 2 aromatic rings. The summed E-state index contributed by atoms with van der Waals surface area (Å²) in [7, 11) is -1.86. The molecule has 6 heteroatoms. The first-order valence-corrected chi connectivity index (χ1v) is 8.29. The first-order valence-electron chi connectivity index (χ1n) is 6.81. The van der Waals surface area contributed by atoms with Gasteiger partial charge in [0, 0.05) is 31.9 Å². The van der Waals surface area contributed by atoms with Crippen LogP contribution in [-0.2, 0) is 16.4 Å². The average Bonchev–Trinajstić information content (AvgIpc) is 2.48. The number of pyridine rings is 1. The molecule has 110 valence electrons. The van der Waals surface area contributed by atoms with Crippen molar-refractivity contribution in [3.05, 3.63) is 53.9 Å². The zero-order valence-electron chi connectivity index (χ0n) is 11.7. The van der Waals surface area contributed by atoms with E-state index in [1.807, 2.05) is 12.1 Å². The predicted octanol–water partition coefficient (Wildman–Crippen LogP) is 1.74. The van der Waals surface area contributed by atoms with Crippen LogP contribution < -0.4 is 10.0 Å². The molecule has 0 amide bonds. The van der Waals surface area contributed by atoms with E-state index in [1.165, 1.54) is 17.3 Å². The Kier molecular flexibility index (Phi) is 3.65.